The quantitative estimate of drug-likeness (QED) is 0.830. The van der Waals surface area contributed by atoms with Crippen LogP contribution in [0.2, 0.25) is 5.02 Å². The maximum atomic E-state index is 6.11. The summed E-state index contributed by atoms with van der Waals surface area (Å²) in [5, 5.41) is 0.648. The molecule has 0 radical (unpaired) electrons. The maximum absolute atomic E-state index is 6.11. The molecule has 17 heavy (non-hydrogen) atoms. The highest BCUT2D eigenvalue weighted by molar-refractivity contribution is 6.32. The highest BCUT2D eigenvalue weighted by atomic mass is 35.5. The molecule has 2 N–H and O–H groups in total. The molecule has 1 unspecified atom stereocenters. The molecule has 0 spiro atoms. The van der Waals surface area contributed by atoms with E-state index in [0.29, 0.717) is 10.8 Å². The van der Waals surface area contributed by atoms with Crippen molar-refractivity contribution < 1.29 is 4.74 Å². The molecule has 1 aromatic rings. The van der Waals surface area contributed by atoms with Gasteiger partial charge in [-0.2, -0.15) is 0 Å². The second-order valence-corrected chi connectivity index (χ2v) is 4.21. The summed E-state index contributed by atoms with van der Waals surface area (Å²) in [5.74, 6) is 1.37. The molecule has 1 atom stereocenters. The zero-order valence-corrected chi connectivity index (χ0v) is 10.4. The van der Waals surface area contributed by atoms with Crippen molar-refractivity contribution in [3.8, 4) is 0 Å². The molecule has 1 heterocycles. The van der Waals surface area contributed by atoms with Crippen LogP contribution in [-0.4, -0.2) is 6.04 Å². The molecule has 2 rings (SSSR count). The zero-order chi connectivity index (χ0) is 12.3. The first-order chi connectivity index (χ1) is 8.22. The number of nitrogens with two attached hydrogens (primary N) is 1. The van der Waals surface area contributed by atoms with Crippen LogP contribution < -0.4 is 5.73 Å². The van der Waals surface area contributed by atoms with Crippen LogP contribution in [0.5, 0.6) is 0 Å². The fourth-order valence-corrected chi connectivity index (χ4v) is 1.78. The van der Waals surface area contributed by atoms with Gasteiger partial charge in [0.25, 0.3) is 0 Å². The Morgan fingerprint density at radius 3 is 2.88 bits per heavy atom. The lowest BCUT2D eigenvalue weighted by molar-refractivity contribution is 0.340. The summed E-state index contributed by atoms with van der Waals surface area (Å²) < 4.78 is 5.73. The van der Waals surface area contributed by atoms with Crippen molar-refractivity contribution in [1.82, 2.24) is 0 Å². The number of benzene rings is 1. The molecule has 88 valence electrons. The first kappa shape index (κ1) is 12.0. The van der Waals surface area contributed by atoms with Gasteiger partial charge in [-0.1, -0.05) is 36.4 Å². The second kappa shape index (κ2) is 5.24. The summed E-state index contributed by atoms with van der Waals surface area (Å²) in [7, 11) is 0. The molecule has 2 nitrogen and oxygen atoms in total. The molecule has 1 aliphatic heterocycles. The number of halogens is 1. The minimum atomic E-state index is -0.0918. The van der Waals surface area contributed by atoms with E-state index in [1.165, 1.54) is 0 Å². The SMILES string of the molecule is CCC(N)C1=CC=C=C(c2ccccc2Cl)O1. The Hall–Kier alpha value is -1.47. The lowest BCUT2D eigenvalue weighted by Crippen LogP contribution is -2.23. The topological polar surface area (TPSA) is 35.2 Å². The smallest absolute Gasteiger partial charge is 0.178 e. The Bertz CT molecular complexity index is 513. The Kier molecular flexibility index (Phi) is 3.70. The van der Waals surface area contributed by atoms with Gasteiger partial charge in [0.1, 0.15) is 5.76 Å². The van der Waals surface area contributed by atoms with E-state index in [4.69, 9.17) is 22.1 Å². The number of allylic oxidation sites excluding steroid dienone is 2. The van der Waals surface area contributed by atoms with Gasteiger partial charge in [-0.15, -0.1) is 0 Å². The molecule has 1 aliphatic rings. The molecular weight excluding hydrogens is 234 g/mol. The van der Waals surface area contributed by atoms with Gasteiger partial charge in [0.2, 0.25) is 0 Å². The molecule has 0 amide bonds. The predicted molar refractivity (Wildman–Crippen MR) is 70.4 cm³/mol. The van der Waals surface area contributed by atoms with E-state index in [2.05, 4.69) is 5.73 Å². The first-order valence-electron chi connectivity index (χ1n) is 5.57. The Labute approximate surface area is 106 Å². The number of hydrogen-bond donors (Lipinski definition) is 1. The zero-order valence-electron chi connectivity index (χ0n) is 9.61. The van der Waals surface area contributed by atoms with Crippen LogP contribution in [0.4, 0.5) is 0 Å². The van der Waals surface area contributed by atoms with Crippen molar-refractivity contribution in [3.63, 3.8) is 0 Å². The van der Waals surface area contributed by atoms with Gasteiger partial charge in [-0.25, -0.2) is 0 Å². The van der Waals surface area contributed by atoms with Crippen LogP contribution in [0.15, 0.2) is 47.9 Å². The minimum absolute atomic E-state index is 0.0918. The van der Waals surface area contributed by atoms with Crippen molar-refractivity contribution in [2.45, 2.75) is 19.4 Å². The van der Waals surface area contributed by atoms with Crippen LogP contribution in [0.1, 0.15) is 18.9 Å². The van der Waals surface area contributed by atoms with Crippen LogP contribution in [0.25, 0.3) is 5.76 Å². The van der Waals surface area contributed by atoms with Crippen molar-refractivity contribution in [1.29, 1.82) is 0 Å². The van der Waals surface area contributed by atoms with Gasteiger partial charge < -0.3 is 10.5 Å². The fraction of sp³-hybridized carbons (Fsp3) is 0.214. The molecule has 3 heteroatoms. The van der Waals surface area contributed by atoms with E-state index >= 15 is 0 Å². The highest BCUT2D eigenvalue weighted by Crippen LogP contribution is 2.28. The van der Waals surface area contributed by atoms with Crippen LogP contribution in [-0.2, 0) is 4.74 Å². The summed E-state index contributed by atoms with van der Waals surface area (Å²) >= 11 is 6.11. The molecule has 0 aromatic heterocycles. The van der Waals surface area contributed by atoms with Crippen molar-refractivity contribution >= 4 is 17.4 Å². The molecular formula is C14H14ClNO. The highest BCUT2D eigenvalue weighted by Gasteiger charge is 2.15. The summed E-state index contributed by atoms with van der Waals surface area (Å²) in [4.78, 5) is 0. The van der Waals surface area contributed by atoms with Crippen molar-refractivity contribution in [2.75, 3.05) is 0 Å². The van der Waals surface area contributed by atoms with Gasteiger partial charge in [-0.05, 0) is 30.7 Å². The third-order valence-electron chi connectivity index (χ3n) is 2.61. The van der Waals surface area contributed by atoms with E-state index in [1.807, 2.05) is 43.3 Å². The molecule has 0 bridgehead atoms. The average Bonchev–Trinajstić information content (AvgIpc) is 2.38. The third kappa shape index (κ3) is 2.62. The van der Waals surface area contributed by atoms with E-state index in [-0.39, 0.29) is 6.04 Å². The summed E-state index contributed by atoms with van der Waals surface area (Å²) in [6, 6.07) is 7.43. The van der Waals surface area contributed by atoms with Crippen LogP contribution >= 0.6 is 11.6 Å². The Morgan fingerprint density at radius 2 is 2.18 bits per heavy atom. The summed E-state index contributed by atoms with van der Waals surface area (Å²) in [6.45, 7) is 2.02. The molecule has 1 aromatic carbocycles. The number of ether oxygens (including phenoxy) is 1. The fourth-order valence-electron chi connectivity index (χ4n) is 1.56. The van der Waals surface area contributed by atoms with E-state index in [9.17, 15) is 0 Å². The van der Waals surface area contributed by atoms with E-state index < -0.39 is 0 Å². The normalized spacial score (nSPS) is 15.9. The Balaban J connectivity index is 2.27. The monoisotopic (exact) mass is 247 g/mol. The lowest BCUT2D eigenvalue weighted by Gasteiger charge is -2.18. The molecule has 0 saturated carbocycles. The van der Waals surface area contributed by atoms with E-state index in [1.54, 1.807) is 0 Å². The first-order valence-corrected chi connectivity index (χ1v) is 5.95. The van der Waals surface area contributed by atoms with Gasteiger partial charge in [0.15, 0.2) is 5.76 Å². The van der Waals surface area contributed by atoms with Crippen LogP contribution in [0.3, 0.4) is 0 Å². The van der Waals surface area contributed by atoms with E-state index in [0.717, 1.165) is 17.7 Å². The van der Waals surface area contributed by atoms with Gasteiger partial charge in [0, 0.05) is 5.56 Å². The largest absolute Gasteiger partial charge is 0.451 e. The van der Waals surface area contributed by atoms with Gasteiger partial charge in [0.05, 0.1) is 11.1 Å². The number of hydrogen-bond acceptors (Lipinski definition) is 2. The summed E-state index contributed by atoms with van der Waals surface area (Å²) in [6.07, 6.45) is 4.48. The molecule has 0 aliphatic carbocycles. The number of rotatable bonds is 3. The van der Waals surface area contributed by atoms with Gasteiger partial charge >= 0.3 is 0 Å². The standard InChI is InChI=1S/C14H14ClNO/c1-2-12(16)14-9-5-8-13(17-14)10-6-3-4-7-11(10)15/h3-7,9,12H,2,16H2,1H3. The predicted octanol–water partition coefficient (Wildman–Crippen LogP) is 3.49. The Morgan fingerprint density at radius 1 is 1.41 bits per heavy atom. The average molecular weight is 248 g/mol. The van der Waals surface area contributed by atoms with Crippen molar-refractivity contribution in [2.24, 2.45) is 5.73 Å². The third-order valence-corrected chi connectivity index (χ3v) is 2.94. The second-order valence-electron chi connectivity index (χ2n) is 3.81. The van der Waals surface area contributed by atoms with Gasteiger partial charge in [-0.3, -0.25) is 0 Å². The van der Waals surface area contributed by atoms with Crippen LogP contribution in [0, 0.1) is 0 Å². The molecule has 0 saturated heterocycles. The minimum Gasteiger partial charge on any atom is -0.451 e. The van der Waals surface area contributed by atoms with Crippen molar-refractivity contribution in [3.05, 3.63) is 58.5 Å². The molecule has 0 fully saturated rings. The maximum Gasteiger partial charge on any atom is 0.178 e. The summed E-state index contributed by atoms with van der Waals surface area (Å²) in [5.41, 5.74) is 9.81. The lowest BCUT2D eigenvalue weighted by atomic mass is 10.1.